The van der Waals surface area contributed by atoms with Crippen LogP contribution in [-0.4, -0.2) is 52.5 Å². The zero-order valence-electron chi connectivity index (χ0n) is 17.0. The van der Waals surface area contributed by atoms with E-state index in [4.69, 9.17) is 4.74 Å². The number of nitrogens with one attached hydrogen (secondary N) is 2. The molecule has 2 saturated heterocycles. The Labute approximate surface area is 175 Å². The van der Waals surface area contributed by atoms with Crippen LogP contribution in [0.4, 0.5) is 0 Å². The summed E-state index contributed by atoms with van der Waals surface area (Å²) in [5, 5.41) is 4.40. The van der Waals surface area contributed by atoms with Crippen molar-refractivity contribution in [1.82, 2.24) is 15.2 Å². The average molecular weight is 405 g/mol. The molecule has 6 nitrogen and oxygen atoms in total. The largest absolute Gasteiger partial charge is 0.361 e. The number of rotatable bonds is 5. The molecule has 0 radical (unpaired) electrons. The number of aromatic amines is 1. The van der Waals surface area contributed by atoms with Gasteiger partial charge in [0.05, 0.1) is 24.5 Å². The van der Waals surface area contributed by atoms with Crippen LogP contribution in [0.1, 0.15) is 31.2 Å². The summed E-state index contributed by atoms with van der Waals surface area (Å²) < 4.78 is 6.25. The van der Waals surface area contributed by atoms with Crippen molar-refractivity contribution in [1.29, 1.82) is 0 Å². The Hall–Kier alpha value is -2.60. The SMILES string of the molecule is O=C(NC1CCCC1)[C@@H]1[C@@H]2C=C[C@]3(CN(CCc4c[nH]c5ccccc45)C(=O)[C@H]13)O2. The van der Waals surface area contributed by atoms with Crippen molar-refractivity contribution in [2.75, 3.05) is 13.1 Å². The second-order valence-corrected chi connectivity index (χ2v) is 9.26. The molecule has 0 unspecified atom stereocenters. The fourth-order valence-electron chi connectivity index (χ4n) is 6.03. The molecular weight excluding hydrogens is 378 g/mol. The molecule has 1 aromatic carbocycles. The van der Waals surface area contributed by atoms with Gasteiger partial charge in [-0.25, -0.2) is 0 Å². The average Bonchev–Trinajstić information content (AvgIpc) is 3.55. The Kier molecular flexibility index (Phi) is 4.07. The lowest BCUT2D eigenvalue weighted by molar-refractivity contribution is -0.137. The lowest BCUT2D eigenvalue weighted by atomic mass is 9.76. The van der Waals surface area contributed by atoms with Crippen molar-refractivity contribution < 1.29 is 14.3 Å². The molecule has 3 fully saturated rings. The number of H-pyrrole nitrogens is 1. The number of carbonyl (C=O) groups is 2. The molecule has 2 N–H and O–H groups in total. The van der Waals surface area contributed by atoms with Gasteiger partial charge in [0.1, 0.15) is 5.60 Å². The Morgan fingerprint density at radius 3 is 2.97 bits per heavy atom. The number of ether oxygens (including phenoxy) is 1. The van der Waals surface area contributed by atoms with E-state index in [1.807, 2.05) is 35.4 Å². The molecule has 3 aliphatic heterocycles. The van der Waals surface area contributed by atoms with Crippen molar-refractivity contribution in [3.05, 3.63) is 48.2 Å². The predicted molar refractivity (Wildman–Crippen MR) is 113 cm³/mol. The van der Waals surface area contributed by atoms with Gasteiger partial charge in [0.25, 0.3) is 0 Å². The molecule has 1 saturated carbocycles. The first kappa shape index (κ1) is 18.2. The first-order valence-electron chi connectivity index (χ1n) is 11.2. The minimum atomic E-state index is -0.625. The number of nitrogens with zero attached hydrogens (tertiary/aromatic N) is 1. The van der Waals surface area contributed by atoms with E-state index in [0.717, 1.165) is 24.8 Å². The summed E-state index contributed by atoms with van der Waals surface area (Å²) in [4.78, 5) is 31.6. The maximum Gasteiger partial charge on any atom is 0.230 e. The zero-order valence-corrected chi connectivity index (χ0v) is 17.0. The summed E-state index contributed by atoms with van der Waals surface area (Å²) in [6.07, 6.45) is 11.0. The number of likely N-dealkylation sites (tertiary alicyclic amines) is 1. The topological polar surface area (TPSA) is 74.4 Å². The summed E-state index contributed by atoms with van der Waals surface area (Å²) in [5.74, 6) is -0.735. The fourth-order valence-corrected chi connectivity index (χ4v) is 6.03. The van der Waals surface area contributed by atoms with Gasteiger partial charge in [0, 0.05) is 29.7 Å². The molecule has 6 heteroatoms. The lowest BCUT2D eigenvalue weighted by Gasteiger charge is -2.25. The minimum absolute atomic E-state index is 0.00467. The van der Waals surface area contributed by atoms with Gasteiger partial charge in [0.2, 0.25) is 11.8 Å². The van der Waals surface area contributed by atoms with Gasteiger partial charge in [-0.1, -0.05) is 43.2 Å². The molecule has 1 aliphatic carbocycles. The molecule has 2 amide bonds. The summed E-state index contributed by atoms with van der Waals surface area (Å²) in [7, 11) is 0. The van der Waals surface area contributed by atoms with Gasteiger partial charge < -0.3 is 19.9 Å². The third kappa shape index (κ3) is 2.66. The molecule has 4 aliphatic rings. The molecule has 4 heterocycles. The van der Waals surface area contributed by atoms with Crippen molar-refractivity contribution >= 4 is 22.7 Å². The third-order valence-electron chi connectivity index (χ3n) is 7.51. The highest BCUT2D eigenvalue weighted by Crippen LogP contribution is 2.52. The molecule has 2 bridgehead atoms. The first-order valence-corrected chi connectivity index (χ1v) is 11.2. The zero-order chi connectivity index (χ0) is 20.3. The summed E-state index contributed by atoms with van der Waals surface area (Å²) >= 11 is 0. The lowest BCUT2D eigenvalue weighted by Crippen LogP contribution is -2.46. The third-order valence-corrected chi connectivity index (χ3v) is 7.51. The first-order chi connectivity index (χ1) is 14.6. The van der Waals surface area contributed by atoms with Gasteiger partial charge in [0.15, 0.2) is 0 Å². The number of hydrogen-bond acceptors (Lipinski definition) is 3. The van der Waals surface area contributed by atoms with Crippen LogP contribution in [-0.2, 0) is 20.7 Å². The number of benzene rings is 1. The van der Waals surface area contributed by atoms with Gasteiger partial charge in [-0.05, 0) is 30.9 Å². The Balaban J connectivity index is 1.19. The van der Waals surface area contributed by atoms with Crippen LogP contribution in [0, 0.1) is 11.8 Å². The maximum atomic E-state index is 13.4. The Morgan fingerprint density at radius 2 is 2.10 bits per heavy atom. The van der Waals surface area contributed by atoms with Crippen LogP contribution in [0.5, 0.6) is 0 Å². The van der Waals surface area contributed by atoms with Crippen LogP contribution in [0.25, 0.3) is 10.9 Å². The van der Waals surface area contributed by atoms with Gasteiger partial charge >= 0.3 is 0 Å². The molecule has 1 aromatic heterocycles. The quantitative estimate of drug-likeness (QED) is 0.751. The van der Waals surface area contributed by atoms with E-state index in [1.54, 1.807) is 0 Å². The second kappa shape index (κ2) is 6.71. The summed E-state index contributed by atoms with van der Waals surface area (Å²) in [5.41, 5.74) is 1.70. The van der Waals surface area contributed by atoms with Gasteiger partial charge in [-0.3, -0.25) is 9.59 Å². The van der Waals surface area contributed by atoms with Crippen molar-refractivity contribution in [2.24, 2.45) is 11.8 Å². The number of para-hydroxylation sites is 1. The normalized spacial score (nSPS) is 32.5. The predicted octanol–water partition coefficient (Wildman–Crippen LogP) is 2.55. The van der Waals surface area contributed by atoms with E-state index < -0.39 is 17.4 Å². The highest BCUT2D eigenvalue weighted by Gasteiger charge is 2.66. The second-order valence-electron chi connectivity index (χ2n) is 9.26. The van der Waals surface area contributed by atoms with Crippen molar-refractivity contribution in [3.8, 4) is 0 Å². The van der Waals surface area contributed by atoms with Crippen molar-refractivity contribution in [3.63, 3.8) is 0 Å². The number of hydrogen-bond donors (Lipinski definition) is 2. The number of carbonyl (C=O) groups excluding carboxylic acids is 2. The highest BCUT2D eigenvalue weighted by atomic mass is 16.5. The van der Waals surface area contributed by atoms with Crippen LogP contribution in [0.3, 0.4) is 0 Å². The Morgan fingerprint density at radius 1 is 1.27 bits per heavy atom. The standard InChI is InChI=1S/C24H27N3O3/c28-22(26-16-5-1-2-6-16)20-19-9-11-24(30-19)14-27(23(29)21(20)24)12-10-15-13-25-18-8-4-3-7-17(15)18/h3-4,7-9,11,13,16,19-21,25H,1-2,5-6,10,12,14H2,(H,26,28)/t19-,20+,21-,24+/m0/s1. The van der Waals surface area contributed by atoms with Crippen LogP contribution in [0.15, 0.2) is 42.6 Å². The molecule has 2 aromatic rings. The number of aromatic nitrogens is 1. The number of amides is 2. The minimum Gasteiger partial charge on any atom is -0.361 e. The van der Waals surface area contributed by atoms with Crippen LogP contribution in [0.2, 0.25) is 0 Å². The molecule has 156 valence electrons. The number of fused-ring (bicyclic) bond motifs is 2. The molecule has 6 rings (SSSR count). The van der Waals surface area contributed by atoms with E-state index >= 15 is 0 Å². The van der Waals surface area contributed by atoms with Gasteiger partial charge in [-0.15, -0.1) is 0 Å². The van der Waals surface area contributed by atoms with Crippen LogP contribution < -0.4 is 5.32 Å². The molecule has 4 atom stereocenters. The summed E-state index contributed by atoms with van der Waals surface area (Å²) in [6, 6.07) is 8.48. The maximum absolute atomic E-state index is 13.4. The van der Waals surface area contributed by atoms with Gasteiger partial charge in [-0.2, -0.15) is 0 Å². The van der Waals surface area contributed by atoms with E-state index in [-0.39, 0.29) is 24.0 Å². The van der Waals surface area contributed by atoms with Crippen molar-refractivity contribution in [2.45, 2.75) is 49.9 Å². The van der Waals surface area contributed by atoms with E-state index in [9.17, 15) is 9.59 Å². The molecule has 30 heavy (non-hydrogen) atoms. The fraction of sp³-hybridized carbons (Fsp3) is 0.500. The van der Waals surface area contributed by atoms with Crippen LogP contribution >= 0.6 is 0 Å². The van der Waals surface area contributed by atoms with E-state index in [2.05, 4.69) is 22.4 Å². The van der Waals surface area contributed by atoms with E-state index in [1.165, 1.54) is 23.8 Å². The molecular formula is C24H27N3O3. The smallest absolute Gasteiger partial charge is 0.230 e. The Bertz CT molecular complexity index is 1040. The molecule has 1 spiro atoms. The highest BCUT2D eigenvalue weighted by molar-refractivity contribution is 5.93. The summed E-state index contributed by atoms with van der Waals surface area (Å²) in [6.45, 7) is 1.18. The van der Waals surface area contributed by atoms with E-state index in [0.29, 0.717) is 13.1 Å². The monoisotopic (exact) mass is 405 g/mol.